The van der Waals surface area contributed by atoms with E-state index in [1.807, 2.05) is 31.2 Å². The summed E-state index contributed by atoms with van der Waals surface area (Å²) in [7, 11) is 2.16. The first-order valence-corrected chi connectivity index (χ1v) is 14.6. The van der Waals surface area contributed by atoms with Crippen LogP contribution in [0.15, 0.2) is 35.5 Å². The van der Waals surface area contributed by atoms with Crippen molar-refractivity contribution in [3.8, 4) is 0 Å². The Hall–Kier alpha value is -2.65. The lowest BCUT2D eigenvalue weighted by Crippen LogP contribution is -2.45. The third-order valence-electron chi connectivity index (χ3n) is 7.19. The molecule has 0 spiro atoms. The Kier molecular flexibility index (Phi) is 9.31. The van der Waals surface area contributed by atoms with Gasteiger partial charge in [-0.1, -0.05) is 44.7 Å². The molecule has 2 aliphatic heterocycles. The number of piperazine rings is 1. The molecule has 0 aliphatic carbocycles. The summed E-state index contributed by atoms with van der Waals surface area (Å²) in [5, 5.41) is 0.782. The molecule has 2 aromatic rings. The van der Waals surface area contributed by atoms with Crippen LogP contribution in [-0.2, 0) is 20.7 Å². The second kappa shape index (κ2) is 12.5. The lowest BCUT2D eigenvalue weighted by Gasteiger charge is -2.34. The van der Waals surface area contributed by atoms with E-state index < -0.39 is 0 Å². The van der Waals surface area contributed by atoms with E-state index in [0.717, 1.165) is 67.0 Å². The second-order valence-corrected chi connectivity index (χ2v) is 12.2. The van der Waals surface area contributed by atoms with Crippen LogP contribution in [-0.4, -0.2) is 84.6 Å². The van der Waals surface area contributed by atoms with Gasteiger partial charge in [0.25, 0.3) is 5.91 Å². The largest absolute Gasteiger partial charge is 0.466 e. The summed E-state index contributed by atoms with van der Waals surface area (Å²) < 4.78 is 5.17. The number of carbonyl (C=O) groups excluding carboxylic acids is 2. The SMILES string of the molecule is CCOC(=O)[C@@H]1CCCN(C(=O)c2ccc(CSc3nc(N4CCN(C)CC4)cc(C(C)(C)C)n3)cc2)C1. The number of amides is 1. The second-order valence-electron chi connectivity index (χ2n) is 11.3. The van der Waals surface area contributed by atoms with Crippen molar-refractivity contribution < 1.29 is 14.3 Å². The molecule has 38 heavy (non-hydrogen) atoms. The van der Waals surface area contributed by atoms with E-state index in [4.69, 9.17) is 14.7 Å². The number of nitrogens with zero attached hydrogens (tertiary/aromatic N) is 5. The Morgan fingerprint density at radius 1 is 1.05 bits per heavy atom. The van der Waals surface area contributed by atoms with Crippen LogP contribution in [0.4, 0.5) is 5.82 Å². The number of likely N-dealkylation sites (N-methyl/N-ethyl adjacent to an activating group) is 1. The van der Waals surface area contributed by atoms with E-state index in [0.29, 0.717) is 25.3 Å². The summed E-state index contributed by atoms with van der Waals surface area (Å²) in [6.45, 7) is 13.8. The van der Waals surface area contributed by atoms with Gasteiger partial charge >= 0.3 is 5.97 Å². The zero-order valence-electron chi connectivity index (χ0n) is 23.4. The molecule has 2 fully saturated rings. The molecule has 2 aliphatic rings. The van der Waals surface area contributed by atoms with E-state index in [1.165, 1.54) is 0 Å². The summed E-state index contributed by atoms with van der Waals surface area (Å²) >= 11 is 1.63. The number of aromatic nitrogens is 2. The number of carbonyl (C=O) groups is 2. The number of hydrogen-bond donors (Lipinski definition) is 0. The maximum Gasteiger partial charge on any atom is 0.310 e. The van der Waals surface area contributed by atoms with Gasteiger partial charge in [0, 0.05) is 62.1 Å². The van der Waals surface area contributed by atoms with E-state index in [-0.39, 0.29) is 23.2 Å². The number of likely N-dealkylation sites (tertiary alicyclic amines) is 1. The highest BCUT2D eigenvalue weighted by molar-refractivity contribution is 7.98. The first-order chi connectivity index (χ1) is 18.1. The molecule has 0 N–H and O–H groups in total. The molecule has 8 nitrogen and oxygen atoms in total. The predicted molar refractivity (Wildman–Crippen MR) is 152 cm³/mol. The minimum atomic E-state index is -0.233. The molecular formula is C29H41N5O3S. The number of rotatable bonds is 7. The van der Waals surface area contributed by atoms with E-state index in [1.54, 1.807) is 16.7 Å². The molecule has 0 saturated carbocycles. The number of hydrogen-bond acceptors (Lipinski definition) is 8. The standard InChI is InChI=1S/C29H41N5O3S/c1-6-37-27(36)23-8-7-13-34(19-23)26(35)22-11-9-21(10-12-22)20-38-28-30-24(29(2,3)4)18-25(31-28)33-16-14-32(5)15-17-33/h9-12,18,23H,6-8,13-17,19-20H2,1-5H3/t23-/m1/s1. The molecule has 1 amide bonds. The molecule has 2 saturated heterocycles. The Balaban J connectivity index is 1.40. The topological polar surface area (TPSA) is 78.9 Å². The van der Waals surface area contributed by atoms with E-state index in [9.17, 15) is 9.59 Å². The maximum atomic E-state index is 13.1. The molecule has 9 heteroatoms. The summed E-state index contributed by atoms with van der Waals surface area (Å²) in [6.07, 6.45) is 1.58. The van der Waals surface area contributed by atoms with Crippen molar-refractivity contribution in [2.75, 3.05) is 57.8 Å². The Labute approximate surface area is 231 Å². The van der Waals surface area contributed by atoms with Crippen molar-refractivity contribution in [3.63, 3.8) is 0 Å². The lowest BCUT2D eigenvalue weighted by molar-refractivity contribution is -0.149. The average Bonchev–Trinajstić information content (AvgIpc) is 2.92. The smallest absolute Gasteiger partial charge is 0.310 e. The summed E-state index contributed by atoms with van der Waals surface area (Å²) in [5.41, 5.74) is 2.74. The number of esters is 1. The van der Waals surface area contributed by atoms with Gasteiger partial charge in [-0.15, -0.1) is 0 Å². The first kappa shape index (κ1) is 28.4. The van der Waals surface area contributed by atoms with Crippen molar-refractivity contribution in [1.82, 2.24) is 19.8 Å². The number of thioether (sulfide) groups is 1. The van der Waals surface area contributed by atoms with Gasteiger partial charge in [0.1, 0.15) is 5.82 Å². The monoisotopic (exact) mass is 539 g/mol. The van der Waals surface area contributed by atoms with Crippen molar-refractivity contribution >= 4 is 29.5 Å². The van der Waals surface area contributed by atoms with Gasteiger partial charge in [0.05, 0.1) is 18.2 Å². The normalized spacial score (nSPS) is 18.9. The zero-order valence-corrected chi connectivity index (χ0v) is 24.2. The molecule has 206 valence electrons. The summed E-state index contributed by atoms with van der Waals surface area (Å²) in [4.78, 5) is 41.5. The van der Waals surface area contributed by atoms with Crippen LogP contribution in [0, 0.1) is 5.92 Å². The fourth-order valence-corrected chi connectivity index (χ4v) is 5.56. The molecular weight excluding hydrogens is 498 g/mol. The Bertz CT molecular complexity index is 1110. The molecule has 4 rings (SSSR count). The van der Waals surface area contributed by atoms with Gasteiger partial charge in [0.15, 0.2) is 5.16 Å². The van der Waals surface area contributed by atoms with Gasteiger partial charge < -0.3 is 19.4 Å². The van der Waals surface area contributed by atoms with Crippen LogP contribution in [0.25, 0.3) is 0 Å². The predicted octanol–water partition coefficient (Wildman–Crippen LogP) is 4.23. The Morgan fingerprint density at radius 2 is 1.76 bits per heavy atom. The van der Waals surface area contributed by atoms with E-state index in [2.05, 4.69) is 43.7 Å². The summed E-state index contributed by atoms with van der Waals surface area (Å²) in [5.74, 6) is 1.26. The van der Waals surface area contributed by atoms with Crippen molar-refractivity contribution in [2.45, 2.75) is 56.9 Å². The molecule has 3 heterocycles. The Morgan fingerprint density at radius 3 is 2.42 bits per heavy atom. The third kappa shape index (κ3) is 7.26. The van der Waals surface area contributed by atoms with E-state index >= 15 is 0 Å². The molecule has 0 bridgehead atoms. The fraction of sp³-hybridized carbons (Fsp3) is 0.586. The van der Waals surface area contributed by atoms with Crippen LogP contribution < -0.4 is 4.90 Å². The molecule has 0 unspecified atom stereocenters. The van der Waals surface area contributed by atoms with Crippen molar-refractivity contribution in [1.29, 1.82) is 0 Å². The van der Waals surface area contributed by atoms with Gasteiger partial charge in [-0.2, -0.15) is 0 Å². The molecule has 1 aromatic heterocycles. The fourth-order valence-electron chi connectivity index (χ4n) is 4.75. The van der Waals surface area contributed by atoms with Crippen LogP contribution in [0.1, 0.15) is 62.2 Å². The van der Waals surface area contributed by atoms with Crippen LogP contribution in [0.3, 0.4) is 0 Å². The van der Waals surface area contributed by atoms with Crippen LogP contribution >= 0.6 is 11.8 Å². The number of piperidine rings is 1. The van der Waals surface area contributed by atoms with Crippen molar-refractivity contribution in [2.24, 2.45) is 5.92 Å². The zero-order chi connectivity index (χ0) is 27.3. The first-order valence-electron chi connectivity index (χ1n) is 13.6. The maximum absolute atomic E-state index is 13.1. The number of benzene rings is 1. The highest BCUT2D eigenvalue weighted by atomic mass is 32.2. The van der Waals surface area contributed by atoms with Gasteiger partial charge in [0.2, 0.25) is 0 Å². The van der Waals surface area contributed by atoms with Gasteiger partial charge in [-0.25, -0.2) is 9.97 Å². The third-order valence-corrected chi connectivity index (χ3v) is 8.10. The number of anilines is 1. The molecule has 1 aromatic carbocycles. The average molecular weight is 540 g/mol. The molecule has 0 radical (unpaired) electrons. The quantitative estimate of drug-likeness (QED) is 0.294. The highest BCUT2D eigenvalue weighted by Gasteiger charge is 2.30. The summed E-state index contributed by atoms with van der Waals surface area (Å²) in [6, 6.07) is 9.91. The lowest BCUT2D eigenvalue weighted by atomic mass is 9.92. The number of ether oxygens (including phenoxy) is 1. The molecule has 1 atom stereocenters. The van der Waals surface area contributed by atoms with Crippen molar-refractivity contribution in [3.05, 3.63) is 47.2 Å². The van der Waals surface area contributed by atoms with Crippen LogP contribution in [0.5, 0.6) is 0 Å². The minimum absolute atomic E-state index is 0.0313. The van der Waals surface area contributed by atoms with Crippen LogP contribution in [0.2, 0.25) is 0 Å². The highest BCUT2D eigenvalue weighted by Crippen LogP contribution is 2.29. The van der Waals surface area contributed by atoms with Gasteiger partial charge in [-0.3, -0.25) is 9.59 Å². The van der Waals surface area contributed by atoms with Gasteiger partial charge in [-0.05, 0) is 44.5 Å². The minimum Gasteiger partial charge on any atom is -0.466 e.